The lowest BCUT2D eigenvalue weighted by atomic mass is 9.89. The molecule has 2 saturated heterocycles. The molecule has 0 unspecified atom stereocenters. The Morgan fingerprint density at radius 3 is 2.66 bits per heavy atom. The number of rotatable bonds is 1. The van der Waals surface area contributed by atoms with Crippen molar-refractivity contribution in [1.29, 1.82) is 0 Å². The molecule has 5 heterocycles. The number of morpholine rings is 1. The fraction of sp³-hybridized carbons (Fsp3) is 0.571. The van der Waals surface area contributed by atoms with Gasteiger partial charge in [0.05, 0.1) is 24.3 Å². The first-order chi connectivity index (χ1) is 14.1. The maximum Gasteiger partial charge on any atom is 0.279 e. The Morgan fingerprint density at radius 1 is 1.10 bits per heavy atom. The summed E-state index contributed by atoms with van der Waals surface area (Å²) in [4.78, 5) is 35.5. The van der Waals surface area contributed by atoms with Crippen LogP contribution >= 0.6 is 11.3 Å². The molecule has 0 spiro atoms. The smallest absolute Gasteiger partial charge is 0.279 e. The third-order valence-electron chi connectivity index (χ3n) is 6.88. The molecule has 0 aromatic carbocycles. The van der Waals surface area contributed by atoms with Crippen LogP contribution in [-0.2, 0) is 22.4 Å². The van der Waals surface area contributed by atoms with Crippen molar-refractivity contribution in [1.82, 2.24) is 5.32 Å². The first-order valence-electron chi connectivity index (χ1n) is 10.6. The van der Waals surface area contributed by atoms with Gasteiger partial charge in [0, 0.05) is 12.0 Å². The van der Waals surface area contributed by atoms with Gasteiger partial charge in [0.25, 0.3) is 11.7 Å². The minimum absolute atomic E-state index is 0.0551. The number of amides is 2. The Morgan fingerprint density at radius 2 is 1.86 bits per heavy atom. The van der Waals surface area contributed by atoms with Gasteiger partial charge < -0.3 is 10.1 Å². The van der Waals surface area contributed by atoms with Crippen molar-refractivity contribution < 1.29 is 19.3 Å². The lowest BCUT2D eigenvalue weighted by molar-refractivity contribution is -0.328. The van der Waals surface area contributed by atoms with Crippen LogP contribution in [0.2, 0.25) is 0 Å². The van der Waals surface area contributed by atoms with Crippen molar-refractivity contribution in [2.24, 2.45) is 0 Å². The first-order valence-corrected chi connectivity index (χ1v) is 11.4. The number of nitrogens with one attached hydrogen (secondary N) is 2. The molecule has 0 radical (unpaired) electrons. The number of hydrogen-bond donors (Lipinski definition) is 1. The second-order valence-corrected chi connectivity index (χ2v) is 9.70. The average molecular weight is 414 g/mol. The molecular formula is C21H25N4O3S+. The Labute approximate surface area is 173 Å². The molecule has 8 heteroatoms. The van der Waals surface area contributed by atoms with Gasteiger partial charge in [0.1, 0.15) is 23.6 Å². The molecule has 2 aromatic heterocycles. The van der Waals surface area contributed by atoms with E-state index in [4.69, 9.17) is 4.74 Å². The molecule has 2 N–H and O–H groups in total. The van der Waals surface area contributed by atoms with E-state index in [1.54, 1.807) is 0 Å². The molecule has 1 atom stereocenters. The molecule has 0 saturated carbocycles. The molecule has 152 valence electrons. The fourth-order valence-electron chi connectivity index (χ4n) is 5.48. The zero-order chi connectivity index (χ0) is 19.8. The number of ether oxygens (including phenoxy) is 1. The van der Waals surface area contributed by atoms with Gasteiger partial charge in [-0.05, 0) is 44.6 Å². The molecule has 3 aliphatic heterocycles. The Hall–Kier alpha value is -2.19. The van der Waals surface area contributed by atoms with Crippen molar-refractivity contribution in [3.8, 4) is 0 Å². The number of H-pyrrole nitrogens is 1. The zero-order valence-corrected chi connectivity index (χ0v) is 17.4. The largest absolute Gasteiger partial charge is 0.373 e. The maximum absolute atomic E-state index is 13.0. The van der Waals surface area contributed by atoms with Crippen molar-refractivity contribution in [3.63, 3.8) is 0 Å². The molecule has 6 rings (SSSR count). The van der Waals surface area contributed by atoms with Gasteiger partial charge in [-0.2, -0.15) is 0 Å². The number of carbonyl (C=O) groups is 2. The van der Waals surface area contributed by atoms with Crippen LogP contribution in [0.5, 0.6) is 0 Å². The summed E-state index contributed by atoms with van der Waals surface area (Å²) >= 11 is 1.49. The number of carbonyl (C=O) groups excluding carboxylic acids is 2. The SMILES string of the molecule is C[C@@]12CCC(=O)N1c1c(sc3[nH+]c(N4CCOCC4)c4c(c13)CCCC4)C(=O)N2. The van der Waals surface area contributed by atoms with Crippen LogP contribution in [0.1, 0.15) is 53.4 Å². The predicted octanol–water partition coefficient (Wildman–Crippen LogP) is 2.02. The van der Waals surface area contributed by atoms with E-state index in [9.17, 15) is 9.59 Å². The molecule has 1 aliphatic carbocycles. The lowest BCUT2D eigenvalue weighted by Crippen LogP contribution is -2.59. The summed E-state index contributed by atoms with van der Waals surface area (Å²) in [5, 5.41) is 4.20. The highest BCUT2D eigenvalue weighted by Gasteiger charge is 2.50. The van der Waals surface area contributed by atoms with E-state index in [0.29, 0.717) is 17.7 Å². The van der Waals surface area contributed by atoms with Crippen molar-refractivity contribution in [2.45, 2.75) is 51.1 Å². The molecule has 4 aliphatic rings. The van der Waals surface area contributed by atoms with E-state index < -0.39 is 5.66 Å². The molecule has 0 bridgehead atoms. The second-order valence-electron chi connectivity index (χ2n) is 8.68. The second kappa shape index (κ2) is 6.15. The number of thiophene rings is 1. The molecule has 7 nitrogen and oxygen atoms in total. The van der Waals surface area contributed by atoms with Crippen LogP contribution in [0.4, 0.5) is 11.5 Å². The van der Waals surface area contributed by atoms with Gasteiger partial charge in [0.2, 0.25) is 5.91 Å². The number of nitrogens with zero attached hydrogens (tertiary/aromatic N) is 2. The van der Waals surface area contributed by atoms with Gasteiger partial charge >= 0.3 is 0 Å². The normalized spacial score (nSPS) is 26.4. The van der Waals surface area contributed by atoms with E-state index in [1.807, 2.05) is 11.8 Å². The zero-order valence-electron chi connectivity index (χ0n) is 16.6. The van der Waals surface area contributed by atoms with E-state index in [2.05, 4.69) is 15.2 Å². The summed E-state index contributed by atoms with van der Waals surface area (Å²) in [5.41, 5.74) is 2.94. The Bertz CT molecular complexity index is 1060. The summed E-state index contributed by atoms with van der Waals surface area (Å²) in [5.74, 6) is 1.24. The standard InChI is InChI=1S/C21H24N4O3S/c1-21-7-6-14(26)25(21)16-15-12-4-2-3-5-13(12)18(24-8-10-28-11-9-24)22-20(15)29-17(16)19(27)23-21/h2-11H2,1H3,(H,23,27)/p+1/t21-/m0/s1. The monoisotopic (exact) mass is 413 g/mol. The number of anilines is 2. The number of aromatic amines is 1. The molecule has 29 heavy (non-hydrogen) atoms. The third-order valence-corrected chi connectivity index (χ3v) is 7.97. The summed E-state index contributed by atoms with van der Waals surface area (Å²) in [6.07, 6.45) is 5.50. The summed E-state index contributed by atoms with van der Waals surface area (Å²) in [6.45, 7) is 5.21. The van der Waals surface area contributed by atoms with E-state index in [-0.39, 0.29) is 11.8 Å². The molecule has 2 fully saturated rings. The van der Waals surface area contributed by atoms with Crippen LogP contribution in [0.25, 0.3) is 10.2 Å². The van der Waals surface area contributed by atoms with Crippen molar-refractivity contribution in [2.75, 3.05) is 36.1 Å². The highest BCUT2D eigenvalue weighted by molar-refractivity contribution is 7.21. The highest BCUT2D eigenvalue weighted by Crippen LogP contribution is 2.49. The van der Waals surface area contributed by atoms with E-state index in [1.165, 1.54) is 34.7 Å². The van der Waals surface area contributed by atoms with Gasteiger partial charge in [-0.3, -0.25) is 19.4 Å². The lowest BCUT2D eigenvalue weighted by Gasteiger charge is -2.39. The number of fused-ring (bicyclic) bond motifs is 7. The predicted molar refractivity (Wildman–Crippen MR) is 111 cm³/mol. The van der Waals surface area contributed by atoms with Crippen LogP contribution in [-0.4, -0.2) is 43.8 Å². The molecule has 2 amide bonds. The number of aryl methyl sites for hydroxylation is 1. The van der Waals surface area contributed by atoms with Gasteiger partial charge in [-0.15, -0.1) is 0 Å². The van der Waals surface area contributed by atoms with E-state index in [0.717, 1.165) is 61.5 Å². The van der Waals surface area contributed by atoms with Crippen LogP contribution < -0.4 is 20.1 Å². The molecular weight excluding hydrogens is 388 g/mol. The topological polar surface area (TPSA) is 76.0 Å². The van der Waals surface area contributed by atoms with E-state index >= 15 is 0 Å². The number of aromatic nitrogens is 1. The number of pyridine rings is 1. The Balaban J connectivity index is 1.63. The van der Waals surface area contributed by atoms with Gasteiger partial charge in [0.15, 0.2) is 4.83 Å². The Kier molecular flexibility index (Phi) is 3.75. The summed E-state index contributed by atoms with van der Waals surface area (Å²) < 4.78 is 5.55. The van der Waals surface area contributed by atoms with Crippen LogP contribution in [0, 0.1) is 0 Å². The minimum Gasteiger partial charge on any atom is -0.373 e. The van der Waals surface area contributed by atoms with Gasteiger partial charge in [-0.25, -0.2) is 4.98 Å². The summed E-state index contributed by atoms with van der Waals surface area (Å²) in [7, 11) is 0. The maximum atomic E-state index is 13.0. The average Bonchev–Trinajstić information content (AvgIpc) is 3.25. The fourth-order valence-corrected chi connectivity index (χ4v) is 6.59. The third kappa shape index (κ3) is 2.42. The number of hydrogen-bond acceptors (Lipinski definition) is 5. The summed E-state index contributed by atoms with van der Waals surface area (Å²) in [6, 6.07) is 0. The van der Waals surface area contributed by atoms with Crippen molar-refractivity contribution in [3.05, 3.63) is 16.0 Å². The first kappa shape index (κ1) is 17.7. The van der Waals surface area contributed by atoms with Crippen LogP contribution in [0.15, 0.2) is 0 Å². The quantitative estimate of drug-likeness (QED) is 0.776. The minimum atomic E-state index is -0.612. The van der Waals surface area contributed by atoms with Crippen molar-refractivity contribution >= 4 is 44.9 Å². The van der Waals surface area contributed by atoms with Gasteiger partial charge in [-0.1, -0.05) is 11.3 Å². The van der Waals surface area contributed by atoms with Crippen LogP contribution in [0.3, 0.4) is 0 Å². The molecule has 2 aromatic rings. The highest BCUT2D eigenvalue weighted by atomic mass is 32.1.